The molecule has 0 bridgehead atoms. The average molecular weight is 368 g/mol. The predicted octanol–water partition coefficient (Wildman–Crippen LogP) is 1.97. The van der Waals surface area contributed by atoms with Crippen molar-refractivity contribution in [3.8, 4) is 0 Å². The van der Waals surface area contributed by atoms with Gasteiger partial charge in [0.1, 0.15) is 0 Å². The van der Waals surface area contributed by atoms with Gasteiger partial charge in [0.25, 0.3) is 0 Å². The van der Waals surface area contributed by atoms with Crippen LogP contribution in [0, 0.1) is 0 Å². The molecule has 0 saturated heterocycles. The zero-order chi connectivity index (χ0) is 14.5. The number of hydrogen-bond acceptors (Lipinski definition) is 4. The number of thioether (sulfide) groups is 1. The molecule has 0 aliphatic heterocycles. The molecular formula is C12H18BrNO3S2. The van der Waals surface area contributed by atoms with E-state index in [0.29, 0.717) is 11.1 Å². The third kappa shape index (κ3) is 5.43. The lowest BCUT2D eigenvalue weighted by atomic mass is 10.1. The van der Waals surface area contributed by atoms with Crippen LogP contribution in [0.1, 0.15) is 12.5 Å². The number of aliphatic hydroxyl groups is 1. The van der Waals surface area contributed by atoms with Gasteiger partial charge >= 0.3 is 0 Å². The van der Waals surface area contributed by atoms with Gasteiger partial charge in [-0.3, -0.25) is 0 Å². The normalized spacial score (nSPS) is 15.2. The monoisotopic (exact) mass is 367 g/mol. The van der Waals surface area contributed by atoms with E-state index in [0.717, 1.165) is 5.56 Å². The van der Waals surface area contributed by atoms with Gasteiger partial charge in [-0.05, 0) is 30.9 Å². The molecule has 0 spiro atoms. The summed E-state index contributed by atoms with van der Waals surface area (Å²) < 4.78 is 26.5. The van der Waals surface area contributed by atoms with Crippen LogP contribution in [-0.4, -0.2) is 37.7 Å². The number of alkyl halides is 1. The molecule has 0 saturated carbocycles. The summed E-state index contributed by atoms with van der Waals surface area (Å²) in [6.45, 7) is 1.61. The molecular weight excluding hydrogens is 350 g/mol. The van der Waals surface area contributed by atoms with Crippen molar-refractivity contribution in [1.82, 2.24) is 4.72 Å². The molecule has 4 nitrogen and oxygen atoms in total. The van der Waals surface area contributed by atoms with E-state index in [1.165, 1.54) is 11.8 Å². The molecule has 0 aliphatic carbocycles. The van der Waals surface area contributed by atoms with E-state index in [9.17, 15) is 13.5 Å². The summed E-state index contributed by atoms with van der Waals surface area (Å²) in [4.78, 5) is 0.206. The van der Waals surface area contributed by atoms with Gasteiger partial charge in [0.15, 0.2) is 0 Å². The molecule has 0 aliphatic rings. The van der Waals surface area contributed by atoms with Crippen molar-refractivity contribution in [3.05, 3.63) is 29.8 Å². The Bertz CT molecular complexity index is 500. The smallest absolute Gasteiger partial charge is 0.240 e. The van der Waals surface area contributed by atoms with Gasteiger partial charge in [0, 0.05) is 17.6 Å². The van der Waals surface area contributed by atoms with Crippen LogP contribution in [0.3, 0.4) is 0 Å². The summed E-state index contributed by atoms with van der Waals surface area (Å²) in [5.74, 6) is 0.470. The van der Waals surface area contributed by atoms with Crippen LogP contribution in [0.15, 0.2) is 29.2 Å². The minimum absolute atomic E-state index is 0.00360. The van der Waals surface area contributed by atoms with E-state index >= 15 is 0 Å². The Morgan fingerprint density at radius 3 is 2.42 bits per heavy atom. The van der Waals surface area contributed by atoms with Gasteiger partial charge in [0.05, 0.1) is 10.5 Å². The third-order valence-corrected chi connectivity index (χ3v) is 5.46. The van der Waals surface area contributed by atoms with E-state index in [2.05, 4.69) is 20.7 Å². The molecule has 0 aromatic heterocycles. The highest BCUT2D eigenvalue weighted by molar-refractivity contribution is 9.08. The molecule has 1 aromatic carbocycles. The van der Waals surface area contributed by atoms with Crippen molar-refractivity contribution < 1.29 is 13.5 Å². The zero-order valence-electron chi connectivity index (χ0n) is 10.9. The molecule has 1 aromatic rings. The first-order chi connectivity index (χ1) is 8.80. The fraction of sp³-hybridized carbons (Fsp3) is 0.500. The molecule has 1 unspecified atom stereocenters. The van der Waals surface area contributed by atoms with Crippen molar-refractivity contribution in [2.45, 2.75) is 22.8 Å². The lowest BCUT2D eigenvalue weighted by Crippen LogP contribution is -2.42. The SMILES string of the molecule is CSCC(C)(O)CNS(=O)(=O)c1ccc(CBr)cc1. The quantitative estimate of drug-likeness (QED) is 0.723. The highest BCUT2D eigenvalue weighted by Gasteiger charge is 2.23. The van der Waals surface area contributed by atoms with Crippen molar-refractivity contribution in [2.75, 3.05) is 18.6 Å². The standard InChI is InChI=1S/C12H18BrNO3S2/c1-12(15,9-18-2)8-14-19(16,17)11-5-3-10(7-13)4-6-11/h3-6,14-15H,7-9H2,1-2H3. The second-order valence-corrected chi connectivity index (χ2v) is 7.73. The minimum atomic E-state index is -3.57. The molecule has 2 N–H and O–H groups in total. The van der Waals surface area contributed by atoms with Gasteiger partial charge in [-0.1, -0.05) is 28.1 Å². The number of hydrogen-bond donors (Lipinski definition) is 2. The topological polar surface area (TPSA) is 66.4 Å². The highest BCUT2D eigenvalue weighted by atomic mass is 79.9. The van der Waals surface area contributed by atoms with Crippen molar-refractivity contribution in [3.63, 3.8) is 0 Å². The van der Waals surface area contributed by atoms with Crippen LogP contribution in [0.2, 0.25) is 0 Å². The number of halogens is 1. The second-order valence-electron chi connectivity index (χ2n) is 4.53. The second kappa shape index (κ2) is 7.08. The molecule has 0 heterocycles. The summed E-state index contributed by atoms with van der Waals surface area (Å²) in [7, 11) is -3.57. The number of rotatable bonds is 7. The Balaban J connectivity index is 2.75. The molecule has 0 fully saturated rings. The molecule has 1 rings (SSSR count). The third-order valence-electron chi connectivity index (χ3n) is 2.49. The number of sulfonamides is 1. The molecule has 7 heteroatoms. The Labute approximate surface area is 127 Å². The Morgan fingerprint density at radius 2 is 1.95 bits per heavy atom. The number of benzene rings is 1. The van der Waals surface area contributed by atoms with Crippen LogP contribution in [-0.2, 0) is 15.4 Å². The summed E-state index contributed by atoms with van der Waals surface area (Å²) in [5.41, 5.74) is -0.0456. The van der Waals surface area contributed by atoms with Gasteiger partial charge < -0.3 is 5.11 Å². The van der Waals surface area contributed by atoms with Crippen LogP contribution < -0.4 is 4.72 Å². The summed E-state index contributed by atoms with van der Waals surface area (Å²) in [6, 6.07) is 6.62. The lowest BCUT2D eigenvalue weighted by Gasteiger charge is -2.22. The first-order valence-corrected chi connectivity index (χ1v) is 9.66. The molecule has 19 heavy (non-hydrogen) atoms. The Hall–Kier alpha value is -0.0800. The predicted molar refractivity (Wildman–Crippen MR) is 83.3 cm³/mol. The maximum Gasteiger partial charge on any atom is 0.240 e. The molecule has 0 amide bonds. The van der Waals surface area contributed by atoms with E-state index < -0.39 is 15.6 Å². The lowest BCUT2D eigenvalue weighted by molar-refractivity contribution is 0.0908. The maximum absolute atomic E-state index is 12.0. The van der Waals surface area contributed by atoms with Gasteiger partial charge in [-0.15, -0.1) is 0 Å². The van der Waals surface area contributed by atoms with Gasteiger partial charge in [0.2, 0.25) is 10.0 Å². The fourth-order valence-electron chi connectivity index (χ4n) is 1.45. The van der Waals surface area contributed by atoms with E-state index in [1.54, 1.807) is 31.2 Å². The largest absolute Gasteiger partial charge is 0.388 e. The zero-order valence-corrected chi connectivity index (χ0v) is 14.1. The van der Waals surface area contributed by atoms with Crippen molar-refractivity contribution in [2.24, 2.45) is 0 Å². The van der Waals surface area contributed by atoms with E-state index in [1.807, 2.05) is 6.26 Å². The van der Waals surface area contributed by atoms with Crippen LogP contribution in [0.5, 0.6) is 0 Å². The van der Waals surface area contributed by atoms with Crippen LogP contribution in [0.25, 0.3) is 0 Å². The first-order valence-electron chi connectivity index (χ1n) is 5.66. The summed E-state index contributed by atoms with van der Waals surface area (Å²) in [5, 5.41) is 10.6. The Kier molecular flexibility index (Phi) is 6.32. The molecule has 1 atom stereocenters. The van der Waals surface area contributed by atoms with Gasteiger partial charge in [-0.25, -0.2) is 13.1 Å². The van der Waals surface area contributed by atoms with E-state index in [4.69, 9.17) is 0 Å². The van der Waals surface area contributed by atoms with E-state index in [-0.39, 0.29) is 11.4 Å². The summed E-state index contributed by atoms with van der Waals surface area (Å²) >= 11 is 4.78. The maximum atomic E-state index is 12.0. The molecule has 108 valence electrons. The Morgan fingerprint density at radius 1 is 1.37 bits per heavy atom. The minimum Gasteiger partial charge on any atom is -0.388 e. The highest BCUT2D eigenvalue weighted by Crippen LogP contribution is 2.14. The van der Waals surface area contributed by atoms with Crippen LogP contribution in [0.4, 0.5) is 0 Å². The van der Waals surface area contributed by atoms with Gasteiger partial charge in [-0.2, -0.15) is 11.8 Å². The average Bonchev–Trinajstić information content (AvgIpc) is 2.37. The number of nitrogens with one attached hydrogen (secondary N) is 1. The van der Waals surface area contributed by atoms with Crippen molar-refractivity contribution in [1.29, 1.82) is 0 Å². The summed E-state index contributed by atoms with van der Waals surface area (Å²) in [6.07, 6.45) is 1.86. The van der Waals surface area contributed by atoms with Crippen LogP contribution >= 0.6 is 27.7 Å². The molecule has 0 radical (unpaired) electrons. The fourth-order valence-corrected chi connectivity index (χ4v) is 3.71. The van der Waals surface area contributed by atoms with Crippen molar-refractivity contribution >= 4 is 37.7 Å². The first kappa shape index (κ1) is 17.0.